The van der Waals surface area contributed by atoms with E-state index in [0.717, 1.165) is 18.5 Å². The minimum absolute atomic E-state index is 0.734. The van der Waals surface area contributed by atoms with Gasteiger partial charge in [-0.05, 0) is 31.6 Å². The van der Waals surface area contributed by atoms with E-state index in [0.29, 0.717) is 0 Å². The summed E-state index contributed by atoms with van der Waals surface area (Å²) < 4.78 is 0. The monoisotopic (exact) mass is 154 g/mol. The van der Waals surface area contributed by atoms with E-state index < -0.39 is 0 Å². The molecule has 0 radical (unpaired) electrons. The summed E-state index contributed by atoms with van der Waals surface area (Å²) in [5.74, 6) is 6.82. The second kappa shape index (κ2) is 3.11. The second-order valence-electron chi connectivity index (χ2n) is 3.99. The van der Waals surface area contributed by atoms with Gasteiger partial charge in [0.2, 0.25) is 0 Å². The number of nitrogens with two attached hydrogens (primary N) is 1. The van der Waals surface area contributed by atoms with Gasteiger partial charge in [0, 0.05) is 12.6 Å². The summed E-state index contributed by atoms with van der Waals surface area (Å²) in [6.07, 6.45) is 8.40. The van der Waals surface area contributed by atoms with Crippen molar-refractivity contribution in [1.82, 2.24) is 5.01 Å². The van der Waals surface area contributed by atoms with Gasteiger partial charge >= 0.3 is 0 Å². The molecule has 0 bridgehead atoms. The molecule has 1 heterocycles. The van der Waals surface area contributed by atoms with Gasteiger partial charge in [-0.2, -0.15) is 0 Å². The summed E-state index contributed by atoms with van der Waals surface area (Å²) in [5.41, 5.74) is 0. The third kappa shape index (κ3) is 1.42. The Kier molecular flexibility index (Phi) is 2.14. The molecule has 2 rings (SSSR count). The van der Waals surface area contributed by atoms with Crippen LogP contribution in [0.3, 0.4) is 0 Å². The first-order valence-corrected chi connectivity index (χ1v) is 4.89. The highest BCUT2D eigenvalue weighted by molar-refractivity contribution is 4.84. The summed E-state index contributed by atoms with van der Waals surface area (Å²) in [4.78, 5) is 0. The molecule has 2 fully saturated rings. The van der Waals surface area contributed by atoms with E-state index >= 15 is 0 Å². The Morgan fingerprint density at radius 3 is 2.27 bits per heavy atom. The Hall–Kier alpha value is -0.0800. The topological polar surface area (TPSA) is 29.3 Å². The highest BCUT2D eigenvalue weighted by Crippen LogP contribution is 2.33. The molecule has 64 valence electrons. The number of hydrogen-bond acceptors (Lipinski definition) is 2. The quantitative estimate of drug-likeness (QED) is 0.580. The molecular formula is C9H18N2. The molecule has 2 N–H and O–H groups in total. The third-order valence-corrected chi connectivity index (χ3v) is 3.29. The van der Waals surface area contributed by atoms with Crippen LogP contribution in [0.4, 0.5) is 0 Å². The van der Waals surface area contributed by atoms with Crippen molar-refractivity contribution in [2.45, 2.75) is 44.6 Å². The van der Waals surface area contributed by atoms with Gasteiger partial charge in [-0.3, -0.25) is 5.84 Å². The van der Waals surface area contributed by atoms with E-state index in [4.69, 9.17) is 5.84 Å². The van der Waals surface area contributed by atoms with Crippen LogP contribution < -0.4 is 5.84 Å². The van der Waals surface area contributed by atoms with Crippen LogP contribution in [-0.2, 0) is 0 Å². The molecule has 0 aromatic heterocycles. The van der Waals surface area contributed by atoms with E-state index in [9.17, 15) is 0 Å². The highest BCUT2D eigenvalue weighted by Gasteiger charge is 2.31. The minimum Gasteiger partial charge on any atom is -0.269 e. The van der Waals surface area contributed by atoms with E-state index in [1.54, 1.807) is 0 Å². The summed E-state index contributed by atoms with van der Waals surface area (Å²) in [6, 6.07) is 0.734. The van der Waals surface area contributed by atoms with Gasteiger partial charge in [0.15, 0.2) is 0 Å². The van der Waals surface area contributed by atoms with Crippen molar-refractivity contribution in [3.8, 4) is 0 Å². The second-order valence-corrected chi connectivity index (χ2v) is 3.99. The van der Waals surface area contributed by atoms with Crippen molar-refractivity contribution in [3.63, 3.8) is 0 Å². The molecular weight excluding hydrogens is 136 g/mol. The van der Waals surface area contributed by atoms with Gasteiger partial charge in [-0.15, -0.1) is 0 Å². The smallest absolute Gasteiger partial charge is 0.0269 e. The lowest BCUT2D eigenvalue weighted by Gasteiger charge is -2.24. The maximum absolute atomic E-state index is 5.89. The lowest BCUT2D eigenvalue weighted by atomic mass is 9.97. The van der Waals surface area contributed by atoms with Crippen LogP contribution in [-0.4, -0.2) is 17.6 Å². The first-order chi connectivity index (χ1) is 5.38. The largest absolute Gasteiger partial charge is 0.269 e. The van der Waals surface area contributed by atoms with Crippen molar-refractivity contribution >= 4 is 0 Å². The lowest BCUT2D eigenvalue weighted by Crippen LogP contribution is -2.39. The van der Waals surface area contributed by atoms with E-state index in [1.165, 1.54) is 38.5 Å². The van der Waals surface area contributed by atoms with Crippen LogP contribution in [0.2, 0.25) is 0 Å². The molecule has 1 saturated carbocycles. The summed E-state index contributed by atoms with van der Waals surface area (Å²) in [7, 11) is 0. The fraction of sp³-hybridized carbons (Fsp3) is 1.00. The Morgan fingerprint density at radius 2 is 1.73 bits per heavy atom. The maximum atomic E-state index is 5.89. The molecule has 0 aromatic carbocycles. The van der Waals surface area contributed by atoms with Crippen molar-refractivity contribution < 1.29 is 0 Å². The van der Waals surface area contributed by atoms with E-state index in [-0.39, 0.29) is 0 Å². The summed E-state index contributed by atoms with van der Waals surface area (Å²) >= 11 is 0. The molecule has 1 saturated heterocycles. The van der Waals surface area contributed by atoms with Gasteiger partial charge < -0.3 is 0 Å². The molecule has 1 unspecified atom stereocenters. The predicted molar refractivity (Wildman–Crippen MR) is 45.9 cm³/mol. The molecule has 1 aliphatic heterocycles. The number of hydrogen-bond donors (Lipinski definition) is 1. The van der Waals surface area contributed by atoms with Gasteiger partial charge in [0.05, 0.1) is 0 Å². The zero-order valence-corrected chi connectivity index (χ0v) is 7.13. The van der Waals surface area contributed by atoms with Gasteiger partial charge in [-0.25, -0.2) is 5.01 Å². The molecule has 2 heteroatoms. The van der Waals surface area contributed by atoms with E-state index in [2.05, 4.69) is 5.01 Å². The van der Waals surface area contributed by atoms with Gasteiger partial charge in [-0.1, -0.05) is 12.8 Å². The molecule has 2 aliphatic rings. The third-order valence-electron chi connectivity index (χ3n) is 3.29. The fourth-order valence-electron chi connectivity index (χ4n) is 2.66. The fourth-order valence-corrected chi connectivity index (χ4v) is 2.66. The Bertz CT molecular complexity index is 130. The first-order valence-electron chi connectivity index (χ1n) is 4.89. The first kappa shape index (κ1) is 7.56. The Morgan fingerprint density at radius 1 is 1.00 bits per heavy atom. The molecule has 0 aromatic rings. The van der Waals surface area contributed by atoms with Crippen LogP contribution in [0.25, 0.3) is 0 Å². The van der Waals surface area contributed by atoms with Crippen LogP contribution in [0.1, 0.15) is 38.5 Å². The zero-order chi connectivity index (χ0) is 7.68. The molecule has 0 spiro atoms. The van der Waals surface area contributed by atoms with Crippen LogP contribution in [0, 0.1) is 5.92 Å². The molecule has 2 nitrogen and oxygen atoms in total. The van der Waals surface area contributed by atoms with Crippen molar-refractivity contribution in [2.24, 2.45) is 11.8 Å². The summed E-state index contributed by atoms with van der Waals surface area (Å²) in [6.45, 7) is 1.13. The SMILES string of the molecule is NN1CCCC1C1CCCC1. The molecule has 0 amide bonds. The average Bonchev–Trinajstić information content (AvgIpc) is 2.55. The maximum Gasteiger partial charge on any atom is 0.0269 e. The van der Waals surface area contributed by atoms with Gasteiger partial charge in [0.25, 0.3) is 0 Å². The number of hydrazine groups is 1. The van der Waals surface area contributed by atoms with Gasteiger partial charge in [0.1, 0.15) is 0 Å². The molecule has 1 aliphatic carbocycles. The lowest BCUT2D eigenvalue weighted by molar-refractivity contribution is 0.194. The van der Waals surface area contributed by atoms with Crippen LogP contribution in [0.15, 0.2) is 0 Å². The Balaban J connectivity index is 1.92. The zero-order valence-electron chi connectivity index (χ0n) is 7.13. The molecule has 11 heavy (non-hydrogen) atoms. The predicted octanol–water partition coefficient (Wildman–Crippen LogP) is 1.51. The highest BCUT2D eigenvalue weighted by atomic mass is 15.4. The van der Waals surface area contributed by atoms with Crippen LogP contribution >= 0.6 is 0 Å². The number of nitrogens with zero attached hydrogens (tertiary/aromatic N) is 1. The standard InChI is InChI=1S/C9H18N2/c10-11-7-3-6-9(11)8-4-1-2-5-8/h8-9H,1-7,10H2. The Labute approximate surface area is 68.7 Å². The molecule has 1 atom stereocenters. The van der Waals surface area contributed by atoms with Crippen molar-refractivity contribution in [1.29, 1.82) is 0 Å². The van der Waals surface area contributed by atoms with Crippen LogP contribution in [0.5, 0.6) is 0 Å². The normalized spacial score (nSPS) is 35.2. The summed E-state index contributed by atoms with van der Waals surface area (Å²) in [5, 5.41) is 2.08. The van der Waals surface area contributed by atoms with E-state index in [1.807, 2.05) is 0 Å². The van der Waals surface area contributed by atoms with Crippen molar-refractivity contribution in [2.75, 3.05) is 6.54 Å². The van der Waals surface area contributed by atoms with Crippen molar-refractivity contribution in [3.05, 3.63) is 0 Å². The average molecular weight is 154 g/mol. The number of rotatable bonds is 1. The minimum atomic E-state index is 0.734.